The van der Waals surface area contributed by atoms with Crippen molar-refractivity contribution in [3.05, 3.63) is 58.9 Å². The Morgan fingerprint density at radius 2 is 1.84 bits per heavy atom. The summed E-state index contributed by atoms with van der Waals surface area (Å²) in [5.41, 5.74) is 1.58. The fourth-order valence-electron chi connectivity index (χ4n) is 2.91. The molecule has 1 saturated heterocycles. The van der Waals surface area contributed by atoms with Gasteiger partial charge in [-0.05, 0) is 36.4 Å². The van der Waals surface area contributed by atoms with Gasteiger partial charge in [-0.2, -0.15) is 0 Å². The zero-order chi connectivity index (χ0) is 17.8. The SMILES string of the molecule is COC(=O)c1ccc(N2CCC(Oc3cc(F)ccc3Cl)CC2)cc1. The maximum atomic E-state index is 13.3. The number of anilines is 1. The average Bonchev–Trinajstić information content (AvgIpc) is 2.65. The standard InChI is InChI=1S/C19H19ClFNO3/c1-24-19(23)13-2-5-15(6-3-13)22-10-8-16(9-11-22)25-18-12-14(21)4-7-17(18)20/h2-7,12,16H,8-11H2,1H3. The van der Waals surface area contributed by atoms with E-state index >= 15 is 0 Å². The van der Waals surface area contributed by atoms with Gasteiger partial charge in [0.15, 0.2) is 0 Å². The van der Waals surface area contributed by atoms with Crippen molar-refractivity contribution in [3.8, 4) is 5.75 Å². The number of ether oxygens (including phenoxy) is 2. The molecule has 2 aromatic rings. The Labute approximate surface area is 151 Å². The topological polar surface area (TPSA) is 38.8 Å². The Morgan fingerprint density at radius 1 is 1.16 bits per heavy atom. The fourth-order valence-corrected chi connectivity index (χ4v) is 3.07. The molecule has 0 atom stereocenters. The number of benzene rings is 2. The first kappa shape index (κ1) is 17.5. The predicted molar refractivity (Wildman–Crippen MR) is 95.1 cm³/mol. The minimum absolute atomic E-state index is 0.00453. The zero-order valence-electron chi connectivity index (χ0n) is 13.9. The third-order valence-corrected chi connectivity index (χ3v) is 4.59. The number of esters is 1. The maximum absolute atomic E-state index is 13.3. The van der Waals surface area contributed by atoms with Crippen molar-refractivity contribution >= 4 is 23.3 Å². The number of hydrogen-bond acceptors (Lipinski definition) is 4. The van der Waals surface area contributed by atoms with Crippen LogP contribution in [0.3, 0.4) is 0 Å². The van der Waals surface area contributed by atoms with Crippen molar-refractivity contribution in [3.63, 3.8) is 0 Å². The quantitative estimate of drug-likeness (QED) is 0.759. The van der Waals surface area contributed by atoms with E-state index in [9.17, 15) is 9.18 Å². The number of rotatable bonds is 4. The van der Waals surface area contributed by atoms with Gasteiger partial charge in [-0.3, -0.25) is 0 Å². The molecule has 0 amide bonds. The molecule has 1 aliphatic heterocycles. The van der Waals surface area contributed by atoms with E-state index in [0.29, 0.717) is 16.3 Å². The minimum Gasteiger partial charge on any atom is -0.489 e. The van der Waals surface area contributed by atoms with E-state index < -0.39 is 0 Å². The fraction of sp³-hybridized carbons (Fsp3) is 0.316. The van der Waals surface area contributed by atoms with Crippen LogP contribution >= 0.6 is 11.6 Å². The lowest BCUT2D eigenvalue weighted by Gasteiger charge is -2.34. The lowest BCUT2D eigenvalue weighted by Crippen LogP contribution is -2.38. The van der Waals surface area contributed by atoms with Crippen molar-refractivity contribution in [1.29, 1.82) is 0 Å². The normalized spacial score (nSPS) is 15.1. The van der Waals surface area contributed by atoms with Gasteiger partial charge in [0.05, 0.1) is 17.7 Å². The summed E-state index contributed by atoms with van der Waals surface area (Å²) < 4.78 is 23.9. The largest absolute Gasteiger partial charge is 0.489 e. The Bertz CT molecular complexity index is 743. The number of methoxy groups -OCH3 is 1. The van der Waals surface area contributed by atoms with Crippen LogP contribution in [0, 0.1) is 5.82 Å². The van der Waals surface area contributed by atoms with Crippen LogP contribution in [-0.2, 0) is 4.74 Å². The molecule has 0 unspecified atom stereocenters. The maximum Gasteiger partial charge on any atom is 0.337 e. The molecule has 0 saturated carbocycles. The van der Waals surface area contributed by atoms with Gasteiger partial charge in [-0.1, -0.05) is 11.6 Å². The Balaban J connectivity index is 1.58. The molecule has 0 bridgehead atoms. The second-order valence-electron chi connectivity index (χ2n) is 5.92. The van der Waals surface area contributed by atoms with Crippen molar-refractivity contribution in [2.45, 2.75) is 18.9 Å². The van der Waals surface area contributed by atoms with Crippen LogP contribution in [0.4, 0.5) is 10.1 Å². The van der Waals surface area contributed by atoms with E-state index in [1.165, 1.54) is 25.3 Å². The molecular weight excluding hydrogens is 345 g/mol. The molecule has 132 valence electrons. The monoisotopic (exact) mass is 363 g/mol. The van der Waals surface area contributed by atoms with Crippen molar-refractivity contribution in [2.24, 2.45) is 0 Å². The molecule has 25 heavy (non-hydrogen) atoms. The van der Waals surface area contributed by atoms with Crippen LogP contribution in [0.2, 0.25) is 5.02 Å². The third-order valence-electron chi connectivity index (χ3n) is 4.28. The third kappa shape index (κ3) is 4.23. The second-order valence-corrected chi connectivity index (χ2v) is 6.32. The van der Waals surface area contributed by atoms with E-state index in [-0.39, 0.29) is 17.9 Å². The number of halogens is 2. The van der Waals surface area contributed by atoms with Crippen LogP contribution in [0.5, 0.6) is 5.75 Å². The van der Waals surface area contributed by atoms with Gasteiger partial charge in [0, 0.05) is 37.7 Å². The van der Waals surface area contributed by atoms with Crippen molar-refractivity contribution < 1.29 is 18.7 Å². The predicted octanol–water partition coefficient (Wildman–Crippen LogP) is 4.31. The Morgan fingerprint density at radius 3 is 2.48 bits per heavy atom. The summed E-state index contributed by atoms with van der Waals surface area (Å²) in [6.45, 7) is 1.63. The molecule has 1 fully saturated rings. The van der Waals surface area contributed by atoms with E-state index in [1.807, 2.05) is 12.1 Å². The molecule has 6 heteroatoms. The van der Waals surface area contributed by atoms with Gasteiger partial charge in [0.2, 0.25) is 0 Å². The smallest absolute Gasteiger partial charge is 0.337 e. The summed E-state index contributed by atoms with van der Waals surface area (Å²) in [6.07, 6.45) is 1.63. The first-order chi connectivity index (χ1) is 12.1. The number of nitrogens with zero attached hydrogens (tertiary/aromatic N) is 1. The summed E-state index contributed by atoms with van der Waals surface area (Å²) in [5, 5.41) is 0.419. The number of carbonyl (C=O) groups excluding carboxylic acids is 1. The molecule has 1 heterocycles. The van der Waals surface area contributed by atoms with Crippen molar-refractivity contribution in [2.75, 3.05) is 25.1 Å². The highest BCUT2D eigenvalue weighted by Crippen LogP contribution is 2.29. The zero-order valence-corrected chi connectivity index (χ0v) is 14.6. The van der Waals surface area contributed by atoms with Crippen LogP contribution in [0.25, 0.3) is 0 Å². The minimum atomic E-state index is -0.359. The summed E-state index contributed by atoms with van der Waals surface area (Å²) in [7, 11) is 1.37. The van der Waals surface area contributed by atoms with Gasteiger partial charge in [-0.25, -0.2) is 9.18 Å². The summed E-state index contributed by atoms with van der Waals surface area (Å²) >= 11 is 6.05. The van der Waals surface area contributed by atoms with Crippen LogP contribution in [0.15, 0.2) is 42.5 Å². The first-order valence-electron chi connectivity index (χ1n) is 8.12. The molecule has 3 rings (SSSR count). The molecule has 0 aliphatic carbocycles. The number of piperidine rings is 1. The highest BCUT2D eigenvalue weighted by atomic mass is 35.5. The highest BCUT2D eigenvalue weighted by molar-refractivity contribution is 6.32. The Kier molecular flexibility index (Phi) is 5.43. The molecule has 0 aromatic heterocycles. The van der Waals surface area contributed by atoms with Gasteiger partial charge in [0.25, 0.3) is 0 Å². The van der Waals surface area contributed by atoms with Crippen LogP contribution < -0.4 is 9.64 Å². The van der Waals surface area contributed by atoms with Crippen LogP contribution in [-0.4, -0.2) is 32.3 Å². The first-order valence-corrected chi connectivity index (χ1v) is 8.49. The number of carbonyl (C=O) groups is 1. The van der Waals surface area contributed by atoms with Gasteiger partial charge in [-0.15, -0.1) is 0 Å². The average molecular weight is 364 g/mol. The van der Waals surface area contributed by atoms with Crippen LogP contribution in [0.1, 0.15) is 23.2 Å². The highest BCUT2D eigenvalue weighted by Gasteiger charge is 2.22. The summed E-state index contributed by atoms with van der Waals surface area (Å²) in [4.78, 5) is 13.7. The van der Waals surface area contributed by atoms with Gasteiger partial charge < -0.3 is 14.4 Å². The molecule has 1 aliphatic rings. The molecule has 0 N–H and O–H groups in total. The van der Waals surface area contributed by atoms with E-state index in [2.05, 4.69) is 4.90 Å². The summed E-state index contributed by atoms with van der Waals surface area (Å²) in [6, 6.07) is 11.5. The molecular formula is C19H19ClFNO3. The second kappa shape index (κ2) is 7.74. The summed E-state index contributed by atoms with van der Waals surface area (Å²) in [5.74, 6) is -0.310. The lowest BCUT2D eigenvalue weighted by molar-refractivity contribution is 0.0601. The molecule has 2 aromatic carbocycles. The van der Waals surface area contributed by atoms with Crippen molar-refractivity contribution in [1.82, 2.24) is 0 Å². The number of hydrogen-bond donors (Lipinski definition) is 0. The molecule has 0 radical (unpaired) electrons. The van der Waals surface area contributed by atoms with Gasteiger partial charge in [0.1, 0.15) is 17.7 Å². The van der Waals surface area contributed by atoms with E-state index in [0.717, 1.165) is 31.6 Å². The van der Waals surface area contributed by atoms with E-state index in [4.69, 9.17) is 21.1 Å². The molecule has 0 spiro atoms. The Hall–Kier alpha value is -2.27. The van der Waals surface area contributed by atoms with Gasteiger partial charge >= 0.3 is 5.97 Å². The molecule has 4 nitrogen and oxygen atoms in total. The van der Waals surface area contributed by atoms with E-state index in [1.54, 1.807) is 12.1 Å². The lowest BCUT2D eigenvalue weighted by atomic mass is 10.1.